The minimum absolute atomic E-state index is 0.582. The van der Waals surface area contributed by atoms with Crippen LogP contribution in [0.25, 0.3) is 0 Å². The van der Waals surface area contributed by atoms with E-state index in [-0.39, 0.29) is 0 Å². The van der Waals surface area contributed by atoms with Gasteiger partial charge in [0.05, 0.1) is 0 Å². The SMILES string of the molecule is C[C@H]1CNCCN1c1cccc(Br)c1. The second-order valence-electron chi connectivity index (χ2n) is 3.73. The van der Waals surface area contributed by atoms with Gasteiger partial charge in [0.1, 0.15) is 0 Å². The highest BCUT2D eigenvalue weighted by Gasteiger charge is 2.17. The first-order valence-electron chi connectivity index (χ1n) is 5.00. The van der Waals surface area contributed by atoms with E-state index in [0.717, 1.165) is 24.1 Å². The summed E-state index contributed by atoms with van der Waals surface area (Å²) in [4.78, 5) is 2.45. The summed E-state index contributed by atoms with van der Waals surface area (Å²) in [6.07, 6.45) is 0. The van der Waals surface area contributed by atoms with Gasteiger partial charge < -0.3 is 10.2 Å². The average Bonchev–Trinajstić information content (AvgIpc) is 2.18. The molecule has 1 aliphatic heterocycles. The molecule has 0 saturated carbocycles. The van der Waals surface area contributed by atoms with E-state index in [1.54, 1.807) is 0 Å². The highest BCUT2D eigenvalue weighted by molar-refractivity contribution is 9.10. The molecule has 0 radical (unpaired) electrons. The van der Waals surface area contributed by atoms with Gasteiger partial charge in [0, 0.05) is 35.8 Å². The second kappa shape index (κ2) is 4.32. The number of rotatable bonds is 1. The maximum Gasteiger partial charge on any atom is 0.0386 e. The summed E-state index contributed by atoms with van der Waals surface area (Å²) in [7, 11) is 0. The van der Waals surface area contributed by atoms with Gasteiger partial charge in [0.2, 0.25) is 0 Å². The summed E-state index contributed by atoms with van der Waals surface area (Å²) in [6, 6.07) is 9.09. The van der Waals surface area contributed by atoms with Gasteiger partial charge >= 0.3 is 0 Å². The molecule has 2 nitrogen and oxygen atoms in total. The van der Waals surface area contributed by atoms with Crippen LogP contribution in [0.15, 0.2) is 28.7 Å². The Morgan fingerprint density at radius 1 is 1.50 bits per heavy atom. The van der Waals surface area contributed by atoms with Crippen LogP contribution in [0.1, 0.15) is 6.92 Å². The lowest BCUT2D eigenvalue weighted by atomic mass is 10.2. The number of hydrogen-bond acceptors (Lipinski definition) is 2. The van der Waals surface area contributed by atoms with Crippen molar-refractivity contribution in [2.45, 2.75) is 13.0 Å². The van der Waals surface area contributed by atoms with E-state index in [1.807, 2.05) is 0 Å². The Kier molecular flexibility index (Phi) is 3.08. The van der Waals surface area contributed by atoms with E-state index < -0.39 is 0 Å². The zero-order valence-electron chi connectivity index (χ0n) is 8.33. The third kappa shape index (κ3) is 2.10. The van der Waals surface area contributed by atoms with Crippen LogP contribution in [0.2, 0.25) is 0 Å². The lowest BCUT2D eigenvalue weighted by Gasteiger charge is -2.36. The standard InChI is InChI=1S/C11H15BrN2/c1-9-8-13-5-6-14(9)11-4-2-3-10(12)7-11/h2-4,7,9,13H,5-6,8H2,1H3/t9-/m0/s1. The van der Waals surface area contributed by atoms with Gasteiger partial charge in [-0.15, -0.1) is 0 Å². The van der Waals surface area contributed by atoms with E-state index in [1.165, 1.54) is 5.69 Å². The number of halogens is 1. The molecule has 1 heterocycles. The summed E-state index contributed by atoms with van der Waals surface area (Å²) in [6.45, 7) is 5.51. The molecule has 1 fully saturated rings. The van der Waals surface area contributed by atoms with Gasteiger partial charge in [0.15, 0.2) is 0 Å². The fourth-order valence-corrected chi connectivity index (χ4v) is 2.27. The predicted octanol–water partition coefficient (Wildman–Crippen LogP) is 2.25. The van der Waals surface area contributed by atoms with Crippen LogP contribution in [0.5, 0.6) is 0 Å². The van der Waals surface area contributed by atoms with Crippen LogP contribution < -0.4 is 10.2 Å². The summed E-state index contributed by atoms with van der Waals surface area (Å²) < 4.78 is 1.15. The molecule has 76 valence electrons. The maximum absolute atomic E-state index is 3.51. The highest BCUT2D eigenvalue weighted by atomic mass is 79.9. The molecular weight excluding hydrogens is 240 g/mol. The second-order valence-corrected chi connectivity index (χ2v) is 4.64. The van der Waals surface area contributed by atoms with Gasteiger partial charge in [-0.05, 0) is 25.1 Å². The quantitative estimate of drug-likeness (QED) is 0.828. The van der Waals surface area contributed by atoms with Gasteiger partial charge in [-0.3, -0.25) is 0 Å². The van der Waals surface area contributed by atoms with Gasteiger partial charge in [-0.25, -0.2) is 0 Å². The highest BCUT2D eigenvalue weighted by Crippen LogP contribution is 2.22. The van der Waals surface area contributed by atoms with Crippen LogP contribution in [0.3, 0.4) is 0 Å². The Hall–Kier alpha value is -0.540. The maximum atomic E-state index is 3.51. The lowest BCUT2D eigenvalue weighted by Crippen LogP contribution is -2.49. The average molecular weight is 255 g/mol. The molecule has 2 rings (SSSR count). The number of piperazine rings is 1. The van der Waals surface area contributed by atoms with Crippen molar-refractivity contribution in [3.05, 3.63) is 28.7 Å². The van der Waals surface area contributed by atoms with E-state index in [2.05, 4.69) is 57.3 Å². The number of anilines is 1. The van der Waals surface area contributed by atoms with E-state index in [0.29, 0.717) is 6.04 Å². The van der Waals surface area contributed by atoms with Crippen molar-refractivity contribution in [3.8, 4) is 0 Å². The summed E-state index contributed by atoms with van der Waals surface area (Å²) in [5.74, 6) is 0. The smallest absolute Gasteiger partial charge is 0.0386 e. The number of nitrogens with zero attached hydrogens (tertiary/aromatic N) is 1. The largest absolute Gasteiger partial charge is 0.366 e. The molecule has 1 N–H and O–H groups in total. The molecule has 1 saturated heterocycles. The molecule has 0 amide bonds. The van der Waals surface area contributed by atoms with Crippen molar-refractivity contribution in [1.29, 1.82) is 0 Å². The van der Waals surface area contributed by atoms with Gasteiger partial charge in [-0.2, -0.15) is 0 Å². The van der Waals surface area contributed by atoms with Crippen molar-refractivity contribution in [2.75, 3.05) is 24.5 Å². The van der Waals surface area contributed by atoms with E-state index >= 15 is 0 Å². The van der Waals surface area contributed by atoms with Crippen LogP contribution in [-0.2, 0) is 0 Å². The van der Waals surface area contributed by atoms with Crippen molar-refractivity contribution < 1.29 is 0 Å². The molecule has 0 bridgehead atoms. The minimum atomic E-state index is 0.582. The first kappa shape index (κ1) is 9.99. The molecule has 0 unspecified atom stereocenters. The van der Waals surface area contributed by atoms with Crippen LogP contribution >= 0.6 is 15.9 Å². The fourth-order valence-electron chi connectivity index (χ4n) is 1.88. The van der Waals surface area contributed by atoms with Crippen LogP contribution in [0.4, 0.5) is 5.69 Å². The Balaban J connectivity index is 2.20. The minimum Gasteiger partial charge on any atom is -0.366 e. The Labute approximate surface area is 93.4 Å². The Morgan fingerprint density at radius 3 is 3.07 bits per heavy atom. The fraction of sp³-hybridized carbons (Fsp3) is 0.455. The lowest BCUT2D eigenvalue weighted by molar-refractivity contribution is 0.501. The third-order valence-electron chi connectivity index (χ3n) is 2.64. The molecule has 1 aliphatic rings. The van der Waals surface area contributed by atoms with Gasteiger partial charge in [0.25, 0.3) is 0 Å². The van der Waals surface area contributed by atoms with E-state index in [4.69, 9.17) is 0 Å². The van der Waals surface area contributed by atoms with Gasteiger partial charge in [-0.1, -0.05) is 22.0 Å². The Bertz CT molecular complexity index is 314. The normalized spacial score (nSPS) is 22.4. The predicted molar refractivity (Wildman–Crippen MR) is 63.8 cm³/mol. The van der Waals surface area contributed by atoms with Crippen LogP contribution in [0, 0.1) is 0 Å². The summed E-state index contributed by atoms with van der Waals surface area (Å²) >= 11 is 3.51. The zero-order chi connectivity index (χ0) is 9.97. The van der Waals surface area contributed by atoms with Crippen LogP contribution in [-0.4, -0.2) is 25.7 Å². The zero-order valence-corrected chi connectivity index (χ0v) is 9.92. The molecule has 0 aliphatic carbocycles. The number of nitrogens with one attached hydrogen (secondary N) is 1. The first-order valence-corrected chi connectivity index (χ1v) is 5.79. The first-order chi connectivity index (χ1) is 6.77. The number of hydrogen-bond donors (Lipinski definition) is 1. The molecule has 3 heteroatoms. The molecule has 0 aromatic heterocycles. The summed E-state index contributed by atoms with van der Waals surface area (Å²) in [5.41, 5.74) is 1.31. The molecule has 1 atom stereocenters. The van der Waals surface area contributed by atoms with Crippen molar-refractivity contribution in [2.24, 2.45) is 0 Å². The third-order valence-corrected chi connectivity index (χ3v) is 3.13. The molecule has 1 aromatic carbocycles. The summed E-state index contributed by atoms with van der Waals surface area (Å²) in [5, 5.41) is 3.40. The Morgan fingerprint density at radius 2 is 2.36 bits per heavy atom. The van der Waals surface area contributed by atoms with E-state index in [9.17, 15) is 0 Å². The molecule has 1 aromatic rings. The van der Waals surface area contributed by atoms with Crippen molar-refractivity contribution >= 4 is 21.6 Å². The topological polar surface area (TPSA) is 15.3 Å². The van der Waals surface area contributed by atoms with Crippen molar-refractivity contribution in [3.63, 3.8) is 0 Å². The molecular formula is C11H15BrN2. The molecule has 0 spiro atoms. The van der Waals surface area contributed by atoms with Crippen molar-refractivity contribution in [1.82, 2.24) is 5.32 Å². The molecule has 14 heavy (non-hydrogen) atoms. The number of benzene rings is 1. The monoisotopic (exact) mass is 254 g/mol.